The number of ketones is 1. The second kappa shape index (κ2) is 6.02. The van der Waals surface area contributed by atoms with Gasteiger partial charge < -0.3 is 0 Å². The van der Waals surface area contributed by atoms with E-state index in [9.17, 15) is 10.1 Å². The molecule has 0 aromatic heterocycles. The highest BCUT2D eigenvalue weighted by molar-refractivity contribution is 9.10. The van der Waals surface area contributed by atoms with Gasteiger partial charge in [-0.3, -0.25) is 4.79 Å². The number of nitrogens with zero attached hydrogens (tertiary/aromatic N) is 1. The van der Waals surface area contributed by atoms with E-state index in [0.717, 1.165) is 15.6 Å². The van der Waals surface area contributed by atoms with Gasteiger partial charge in [0.2, 0.25) is 0 Å². The van der Waals surface area contributed by atoms with Gasteiger partial charge in [0.25, 0.3) is 0 Å². The van der Waals surface area contributed by atoms with E-state index in [1.54, 1.807) is 12.1 Å². The molecular formula is C17H14BrNO. The molecule has 2 rings (SSSR count). The van der Waals surface area contributed by atoms with Crippen LogP contribution in [0.3, 0.4) is 0 Å². The number of carbonyl (C=O) groups is 1. The van der Waals surface area contributed by atoms with Crippen LogP contribution in [0.5, 0.6) is 0 Å². The summed E-state index contributed by atoms with van der Waals surface area (Å²) in [6.07, 6.45) is 0. The molecule has 0 spiro atoms. The molecule has 3 heteroatoms. The maximum atomic E-state index is 12.7. The first-order valence-corrected chi connectivity index (χ1v) is 7.10. The molecular weight excluding hydrogens is 314 g/mol. The molecule has 0 aliphatic carbocycles. The maximum absolute atomic E-state index is 12.7. The number of hydrogen-bond acceptors (Lipinski definition) is 2. The van der Waals surface area contributed by atoms with Crippen LogP contribution >= 0.6 is 15.9 Å². The van der Waals surface area contributed by atoms with Crippen LogP contribution in [-0.2, 0) is 0 Å². The fourth-order valence-corrected chi connectivity index (χ4v) is 2.67. The van der Waals surface area contributed by atoms with Crippen LogP contribution in [-0.4, -0.2) is 5.78 Å². The van der Waals surface area contributed by atoms with Gasteiger partial charge in [-0.2, -0.15) is 5.26 Å². The maximum Gasteiger partial charge on any atom is 0.184 e. The molecule has 0 N–H and O–H groups in total. The number of hydrogen-bond donors (Lipinski definition) is 0. The third kappa shape index (κ3) is 2.66. The van der Waals surface area contributed by atoms with E-state index in [0.29, 0.717) is 11.1 Å². The Hall–Kier alpha value is -1.92. The van der Waals surface area contributed by atoms with Crippen molar-refractivity contribution in [2.24, 2.45) is 0 Å². The monoisotopic (exact) mass is 327 g/mol. The van der Waals surface area contributed by atoms with E-state index in [-0.39, 0.29) is 5.78 Å². The van der Waals surface area contributed by atoms with Crippen LogP contribution in [0.25, 0.3) is 0 Å². The Morgan fingerprint density at radius 3 is 2.50 bits per heavy atom. The summed E-state index contributed by atoms with van der Waals surface area (Å²) in [6.45, 7) is 3.88. The van der Waals surface area contributed by atoms with Crippen LogP contribution in [0.1, 0.15) is 33.0 Å². The summed E-state index contributed by atoms with van der Waals surface area (Å²) < 4.78 is 0.783. The molecule has 100 valence electrons. The van der Waals surface area contributed by atoms with Gasteiger partial charge in [0.1, 0.15) is 5.92 Å². The lowest BCUT2D eigenvalue weighted by Gasteiger charge is -2.13. The number of rotatable bonds is 3. The smallest absolute Gasteiger partial charge is 0.184 e. The van der Waals surface area contributed by atoms with Crippen LogP contribution in [0.4, 0.5) is 0 Å². The molecule has 0 saturated heterocycles. The number of nitriles is 1. The predicted octanol–water partition coefficient (Wildman–Crippen LogP) is 4.56. The lowest BCUT2D eigenvalue weighted by molar-refractivity contribution is 0.0978. The molecule has 0 saturated carbocycles. The van der Waals surface area contributed by atoms with Gasteiger partial charge in [0.15, 0.2) is 5.78 Å². The van der Waals surface area contributed by atoms with E-state index in [2.05, 4.69) is 22.0 Å². The molecule has 0 fully saturated rings. The van der Waals surface area contributed by atoms with Crippen molar-refractivity contribution in [3.63, 3.8) is 0 Å². The zero-order valence-electron chi connectivity index (χ0n) is 11.4. The van der Waals surface area contributed by atoms with Crippen molar-refractivity contribution in [3.8, 4) is 6.07 Å². The summed E-state index contributed by atoms with van der Waals surface area (Å²) in [5.41, 5.74) is 3.32. The summed E-state index contributed by atoms with van der Waals surface area (Å²) in [7, 11) is 0. The average Bonchev–Trinajstić information content (AvgIpc) is 2.44. The topological polar surface area (TPSA) is 40.9 Å². The molecule has 2 nitrogen and oxygen atoms in total. The Balaban J connectivity index is 2.49. The first-order chi connectivity index (χ1) is 9.56. The quantitative estimate of drug-likeness (QED) is 0.775. The molecule has 1 atom stereocenters. The fourth-order valence-electron chi connectivity index (χ4n) is 2.15. The minimum absolute atomic E-state index is 0.152. The fraction of sp³-hybridized carbons (Fsp3) is 0.176. The van der Waals surface area contributed by atoms with E-state index < -0.39 is 5.92 Å². The number of aryl methyl sites for hydroxylation is 1. The minimum Gasteiger partial charge on any atom is -0.292 e. The van der Waals surface area contributed by atoms with Crippen LogP contribution in [0, 0.1) is 25.2 Å². The molecule has 0 bridgehead atoms. The molecule has 2 aromatic rings. The third-order valence-corrected chi connectivity index (χ3v) is 4.20. The molecule has 2 aromatic carbocycles. The number of benzene rings is 2. The highest BCUT2D eigenvalue weighted by atomic mass is 79.9. The van der Waals surface area contributed by atoms with Gasteiger partial charge in [0, 0.05) is 10.0 Å². The number of carbonyl (C=O) groups excluding carboxylic acids is 1. The van der Waals surface area contributed by atoms with Crippen molar-refractivity contribution in [2.45, 2.75) is 19.8 Å². The second-order valence-corrected chi connectivity index (χ2v) is 5.55. The van der Waals surface area contributed by atoms with Crippen LogP contribution < -0.4 is 0 Å². The predicted molar refractivity (Wildman–Crippen MR) is 82.7 cm³/mol. The van der Waals surface area contributed by atoms with Crippen molar-refractivity contribution in [3.05, 3.63) is 69.2 Å². The summed E-state index contributed by atoms with van der Waals surface area (Å²) in [5, 5.41) is 9.40. The normalized spacial score (nSPS) is 11.7. The lowest BCUT2D eigenvalue weighted by Crippen LogP contribution is -2.13. The Morgan fingerprint density at radius 1 is 1.15 bits per heavy atom. The summed E-state index contributed by atoms with van der Waals surface area (Å²) in [4.78, 5) is 12.7. The van der Waals surface area contributed by atoms with Crippen molar-refractivity contribution >= 4 is 21.7 Å². The lowest BCUT2D eigenvalue weighted by atomic mass is 9.89. The van der Waals surface area contributed by atoms with E-state index in [1.165, 1.54) is 0 Å². The number of Topliss-reactive ketones (excluding diaryl/α,β-unsaturated/α-hetero) is 1. The molecule has 20 heavy (non-hydrogen) atoms. The largest absolute Gasteiger partial charge is 0.292 e. The molecule has 0 aliphatic rings. The Kier molecular flexibility index (Phi) is 4.36. The second-order valence-electron chi connectivity index (χ2n) is 4.70. The van der Waals surface area contributed by atoms with Gasteiger partial charge in [-0.1, -0.05) is 52.3 Å². The average molecular weight is 328 g/mol. The van der Waals surface area contributed by atoms with Crippen molar-refractivity contribution in [1.82, 2.24) is 0 Å². The van der Waals surface area contributed by atoms with E-state index >= 15 is 0 Å². The third-order valence-electron chi connectivity index (χ3n) is 3.48. The van der Waals surface area contributed by atoms with Gasteiger partial charge in [0.05, 0.1) is 6.07 Å². The summed E-state index contributed by atoms with van der Waals surface area (Å²) >= 11 is 3.41. The Morgan fingerprint density at radius 2 is 1.85 bits per heavy atom. The Bertz CT molecular complexity index is 700. The van der Waals surface area contributed by atoms with Crippen LogP contribution in [0.2, 0.25) is 0 Å². The van der Waals surface area contributed by atoms with Gasteiger partial charge in [-0.25, -0.2) is 0 Å². The van der Waals surface area contributed by atoms with Gasteiger partial charge >= 0.3 is 0 Å². The summed E-state index contributed by atoms with van der Waals surface area (Å²) in [6, 6.07) is 15.1. The minimum atomic E-state index is -0.786. The standard InChI is InChI=1S/C17H14BrNO/c1-11-6-5-8-13(12(11)2)17(20)15(10-19)14-7-3-4-9-16(14)18/h3-9,15H,1-2H3. The highest BCUT2D eigenvalue weighted by Crippen LogP contribution is 2.28. The van der Waals surface area contributed by atoms with Gasteiger partial charge in [-0.05, 0) is 36.6 Å². The SMILES string of the molecule is Cc1cccc(C(=O)C(C#N)c2ccccc2Br)c1C. The first kappa shape index (κ1) is 14.5. The first-order valence-electron chi connectivity index (χ1n) is 6.30. The molecule has 0 aliphatic heterocycles. The Labute approximate surface area is 127 Å². The molecule has 0 amide bonds. The zero-order chi connectivity index (χ0) is 14.7. The van der Waals surface area contributed by atoms with Gasteiger partial charge in [-0.15, -0.1) is 0 Å². The van der Waals surface area contributed by atoms with Crippen molar-refractivity contribution in [2.75, 3.05) is 0 Å². The van der Waals surface area contributed by atoms with Crippen molar-refractivity contribution < 1.29 is 4.79 Å². The van der Waals surface area contributed by atoms with E-state index in [4.69, 9.17) is 0 Å². The van der Waals surface area contributed by atoms with Crippen molar-refractivity contribution in [1.29, 1.82) is 5.26 Å². The van der Waals surface area contributed by atoms with E-state index in [1.807, 2.05) is 44.2 Å². The molecule has 0 radical (unpaired) electrons. The van der Waals surface area contributed by atoms with Crippen LogP contribution in [0.15, 0.2) is 46.9 Å². The highest BCUT2D eigenvalue weighted by Gasteiger charge is 2.24. The number of halogens is 1. The molecule has 0 heterocycles. The molecule has 1 unspecified atom stereocenters. The zero-order valence-corrected chi connectivity index (χ0v) is 12.9. The summed E-state index contributed by atoms with van der Waals surface area (Å²) in [5.74, 6) is -0.938.